The molecule has 0 aliphatic rings. The zero-order chi connectivity index (χ0) is 24.4. The van der Waals surface area contributed by atoms with E-state index in [-0.39, 0.29) is 10.7 Å². The van der Waals surface area contributed by atoms with Crippen LogP contribution in [0.2, 0.25) is 0 Å². The van der Waals surface area contributed by atoms with Gasteiger partial charge in [-0.25, -0.2) is 4.57 Å². The summed E-state index contributed by atoms with van der Waals surface area (Å²) < 4.78 is 19.1. The molecule has 0 radical (unpaired) electrons. The molecule has 0 fully saturated rings. The standard InChI is InChI=1S/C30H31O3P/c1-29(2,23-14-8-5-9-15-23)25-20-21-28(33-34(31,32)26-18-12-7-13-19-26)27(22-25)30(3,4)24-16-10-6-11-17-24/h5-22H,1-4H3,(H,31,32). The van der Waals surface area contributed by atoms with Crippen molar-refractivity contribution < 1.29 is 14.0 Å². The van der Waals surface area contributed by atoms with Crippen LogP contribution in [0.1, 0.15) is 49.9 Å². The molecule has 4 heteroatoms. The summed E-state index contributed by atoms with van der Waals surface area (Å²) in [5, 5.41) is 0.271. The van der Waals surface area contributed by atoms with E-state index in [1.54, 1.807) is 24.3 Å². The van der Waals surface area contributed by atoms with E-state index in [2.05, 4.69) is 58.0 Å². The molecule has 0 aliphatic carbocycles. The SMILES string of the molecule is CC(C)(c1ccccc1)c1ccc(OP(=O)(O)c2ccccc2)c(C(C)(C)c2ccccc2)c1. The molecule has 1 atom stereocenters. The van der Waals surface area contributed by atoms with Crippen LogP contribution in [0.15, 0.2) is 109 Å². The minimum absolute atomic E-state index is 0.260. The zero-order valence-corrected chi connectivity index (χ0v) is 21.0. The number of hydrogen-bond acceptors (Lipinski definition) is 2. The van der Waals surface area contributed by atoms with Crippen LogP contribution >= 0.6 is 7.60 Å². The molecule has 174 valence electrons. The largest absolute Gasteiger partial charge is 0.421 e. The fourth-order valence-corrected chi connectivity index (χ4v) is 5.40. The molecule has 4 rings (SSSR count). The van der Waals surface area contributed by atoms with Crippen LogP contribution < -0.4 is 9.83 Å². The summed E-state index contributed by atoms with van der Waals surface area (Å²) >= 11 is 0. The molecule has 0 saturated carbocycles. The third kappa shape index (κ3) is 4.73. The summed E-state index contributed by atoms with van der Waals surface area (Å²) in [5.74, 6) is 0.413. The first-order chi connectivity index (χ1) is 16.1. The first-order valence-electron chi connectivity index (χ1n) is 11.5. The highest BCUT2D eigenvalue weighted by atomic mass is 31.2. The van der Waals surface area contributed by atoms with Crippen molar-refractivity contribution in [2.24, 2.45) is 0 Å². The van der Waals surface area contributed by atoms with Crippen molar-refractivity contribution >= 4 is 12.9 Å². The fraction of sp³-hybridized carbons (Fsp3) is 0.200. The van der Waals surface area contributed by atoms with Crippen molar-refractivity contribution in [1.29, 1.82) is 0 Å². The maximum absolute atomic E-state index is 13.2. The van der Waals surface area contributed by atoms with Gasteiger partial charge in [0.15, 0.2) is 0 Å². The highest BCUT2D eigenvalue weighted by molar-refractivity contribution is 7.61. The molecule has 4 aromatic rings. The van der Waals surface area contributed by atoms with Gasteiger partial charge in [0.1, 0.15) is 5.75 Å². The monoisotopic (exact) mass is 470 g/mol. The van der Waals surface area contributed by atoms with Crippen molar-refractivity contribution in [2.75, 3.05) is 0 Å². The van der Waals surface area contributed by atoms with Gasteiger partial charge in [0, 0.05) is 16.4 Å². The normalized spacial score (nSPS) is 13.8. The van der Waals surface area contributed by atoms with E-state index in [1.807, 2.05) is 54.6 Å². The van der Waals surface area contributed by atoms with Crippen molar-refractivity contribution in [3.8, 4) is 5.75 Å². The second kappa shape index (κ2) is 9.25. The minimum atomic E-state index is -4.07. The van der Waals surface area contributed by atoms with Gasteiger partial charge in [-0.1, -0.05) is 119 Å². The lowest BCUT2D eigenvalue weighted by molar-refractivity contribution is 0.388. The van der Waals surface area contributed by atoms with Gasteiger partial charge in [-0.2, -0.15) is 0 Å². The lowest BCUT2D eigenvalue weighted by Gasteiger charge is -2.32. The number of rotatable bonds is 7. The molecule has 1 unspecified atom stereocenters. The maximum Gasteiger partial charge on any atom is 0.408 e. The van der Waals surface area contributed by atoms with Crippen LogP contribution in [0.5, 0.6) is 5.75 Å². The second-order valence-electron chi connectivity index (χ2n) is 9.64. The molecule has 0 aromatic heterocycles. The zero-order valence-electron chi connectivity index (χ0n) is 20.1. The lowest BCUT2D eigenvalue weighted by Crippen LogP contribution is -2.24. The molecule has 0 spiro atoms. The predicted molar refractivity (Wildman–Crippen MR) is 140 cm³/mol. The summed E-state index contributed by atoms with van der Waals surface area (Å²) in [5.41, 5.74) is 3.55. The highest BCUT2D eigenvalue weighted by Crippen LogP contribution is 2.47. The Kier molecular flexibility index (Phi) is 6.53. The summed E-state index contributed by atoms with van der Waals surface area (Å²) in [7, 11) is -4.07. The summed E-state index contributed by atoms with van der Waals surface area (Å²) in [6, 6.07) is 35.0. The summed E-state index contributed by atoms with van der Waals surface area (Å²) in [6.07, 6.45) is 0. The van der Waals surface area contributed by atoms with Crippen molar-refractivity contribution in [3.05, 3.63) is 131 Å². The third-order valence-corrected chi connectivity index (χ3v) is 8.07. The van der Waals surface area contributed by atoms with Gasteiger partial charge >= 0.3 is 7.60 Å². The molecule has 0 aliphatic heterocycles. The van der Waals surface area contributed by atoms with Crippen molar-refractivity contribution in [2.45, 2.75) is 38.5 Å². The van der Waals surface area contributed by atoms with Crippen LogP contribution in [-0.2, 0) is 15.4 Å². The van der Waals surface area contributed by atoms with E-state index in [9.17, 15) is 9.46 Å². The van der Waals surface area contributed by atoms with E-state index in [0.717, 1.165) is 16.7 Å². The molecule has 0 amide bonds. The Balaban J connectivity index is 1.86. The molecular formula is C30H31O3P. The van der Waals surface area contributed by atoms with Crippen molar-refractivity contribution in [3.63, 3.8) is 0 Å². The second-order valence-corrected chi connectivity index (χ2v) is 11.4. The quantitative estimate of drug-likeness (QED) is 0.290. The smallest absolute Gasteiger partial charge is 0.408 e. The van der Waals surface area contributed by atoms with Crippen LogP contribution in [0.25, 0.3) is 0 Å². The summed E-state index contributed by atoms with van der Waals surface area (Å²) in [6.45, 7) is 8.63. The van der Waals surface area contributed by atoms with E-state index < -0.39 is 13.0 Å². The lowest BCUT2D eigenvalue weighted by atomic mass is 9.73. The number of hydrogen-bond donors (Lipinski definition) is 1. The summed E-state index contributed by atoms with van der Waals surface area (Å²) in [4.78, 5) is 10.8. The van der Waals surface area contributed by atoms with E-state index in [0.29, 0.717) is 5.75 Å². The van der Waals surface area contributed by atoms with Gasteiger partial charge in [-0.3, -0.25) is 0 Å². The molecule has 3 nitrogen and oxygen atoms in total. The van der Waals surface area contributed by atoms with Gasteiger partial charge in [-0.15, -0.1) is 0 Å². The Morgan fingerprint density at radius 3 is 1.62 bits per heavy atom. The molecule has 0 heterocycles. The number of benzene rings is 4. The topological polar surface area (TPSA) is 46.5 Å². The molecular weight excluding hydrogens is 439 g/mol. The average molecular weight is 471 g/mol. The van der Waals surface area contributed by atoms with Crippen LogP contribution in [0.3, 0.4) is 0 Å². The Labute approximate surface area is 202 Å². The van der Waals surface area contributed by atoms with E-state index >= 15 is 0 Å². The fourth-order valence-electron chi connectivity index (χ4n) is 4.32. The van der Waals surface area contributed by atoms with Crippen LogP contribution in [0.4, 0.5) is 0 Å². The van der Waals surface area contributed by atoms with E-state index in [1.165, 1.54) is 5.56 Å². The van der Waals surface area contributed by atoms with Gasteiger partial charge in [-0.05, 0) is 34.9 Å². The van der Waals surface area contributed by atoms with Crippen molar-refractivity contribution in [1.82, 2.24) is 0 Å². The Bertz CT molecular complexity index is 1300. The predicted octanol–water partition coefficient (Wildman–Crippen LogP) is 7.23. The Hall–Kier alpha value is -3.13. The first kappa shape index (κ1) is 24.0. The Morgan fingerprint density at radius 1 is 0.618 bits per heavy atom. The highest BCUT2D eigenvalue weighted by Gasteiger charge is 2.33. The molecule has 1 N–H and O–H groups in total. The maximum atomic E-state index is 13.2. The Morgan fingerprint density at radius 2 is 1.09 bits per heavy atom. The molecule has 0 bridgehead atoms. The minimum Gasteiger partial charge on any atom is -0.421 e. The first-order valence-corrected chi connectivity index (χ1v) is 13.0. The van der Waals surface area contributed by atoms with Crippen LogP contribution in [0, 0.1) is 0 Å². The van der Waals surface area contributed by atoms with Gasteiger partial charge in [0.2, 0.25) is 0 Å². The molecule has 34 heavy (non-hydrogen) atoms. The van der Waals surface area contributed by atoms with Crippen LogP contribution in [-0.4, -0.2) is 4.89 Å². The molecule has 0 saturated heterocycles. The van der Waals surface area contributed by atoms with Gasteiger partial charge < -0.3 is 9.42 Å². The van der Waals surface area contributed by atoms with Gasteiger partial charge in [0.05, 0.1) is 5.30 Å². The third-order valence-electron chi connectivity index (χ3n) is 6.67. The average Bonchev–Trinajstić information content (AvgIpc) is 2.85. The van der Waals surface area contributed by atoms with E-state index in [4.69, 9.17) is 4.52 Å². The van der Waals surface area contributed by atoms with Gasteiger partial charge in [0.25, 0.3) is 0 Å². The molecule has 4 aromatic carbocycles.